The van der Waals surface area contributed by atoms with E-state index < -0.39 is 0 Å². The number of benzene rings is 2. The van der Waals surface area contributed by atoms with Crippen LogP contribution in [0, 0.1) is 0 Å². The van der Waals surface area contributed by atoms with Gasteiger partial charge in [-0.25, -0.2) is 0 Å². The predicted octanol–water partition coefficient (Wildman–Crippen LogP) is 4.71. The molecule has 1 unspecified atom stereocenters. The highest BCUT2D eigenvalue weighted by Gasteiger charge is 2.35. The minimum absolute atomic E-state index is 0.00203. The molecule has 0 spiro atoms. The fraction of sp³-hybridized carbons (Fsp3) is 0.333. The maximum absolute atomic E-state index is 13.2. The highest BCUT2D eigenvalue weighted by molar-refractivity contribution is 7.99. The van der Waals surface area contributed by atoms with Gasteiger partial charge < -0.3 is 9.80 Å². The monoisotopic (exact) mass is 400 g/mol. The Morgan fingerprint density at radius 2 is 1.93 bits per heavy atom. The second-order valence-electron chi connectivity index (χ2n) is 7.13. The molecular weight excluding hydrogens is 380 g/mol. The van der Waals surface area contributed by atoms with Crippen molar-refractivity contribution >= 4 is 46.6 Å². The molecule has 0 N–H and O–H groups in total. The van der Waals surface area contributed by atoms with Crippen LogP contribution in [0.25, 0.3) is 0 Å². The number of para-hydroxylation sites is 2. The third kappa shape index (κ3) is 3.34. The second-order valence-corrected chi connectivity index (χ2v) is 8.62. The van der Waals surface area contributed by atoms with Crippen molar-refractivity contribution in [2.75, 3.05) is 22.1 Å². The zero-order chi connectivity index (χ0) is 19.1. The Bertz CT molecular complexity index is 917. The zero-order valence-electron chi connectivity index (χ0n) is 15.3. The lowest BCUT2D eigenvalue weighted by Gasteiger charge is -2.41. The maximum Gasteiger partial charge on any atom is 0.227 e. The van der Waals surface area contributed by atoms with E-state index in [1.54, 1.807) is 23.6 Å². The van der Waals surface area contributed by atoms with E-state index in [1.807, 2.05) is 54.3 Å². The van der Waals surface area contributed by atoms with Gasteiger partial charge in [0.1, 0.15) is 0 Å². The summed E-state index contributed by atoms with van der Waals surface area (Å²) < 4.78 is 0. The number of carbonyl (C=O) groups excluding carboxylic acids is 2. The number of fused-ring (bicyclic) bond motifs is 2. The number of thioether (sulfide) groups is 1. The number of amides is 2. The normalized spacial score (nSPS) is 21.0. The van der Waals surface area contributed by atoms with Gasteiger partial charge in [0.15, 0.2) is 0 Å². The summed E-state index contributed by atoms with van der Waals surface area (Å²) in [4.78, 5) is 30.1. The first-order valence-corrected chi connectivity index (χ1v) is 10.4. The van der Waals surface area contributed by atoms with Crippen molar-refractivity contribution in [2.24, 2.45) is 0 Å². The summed E-state index contributed by atoms with van der Waals surface area (Å²) in [5.41, 5.74) is 2.79. The lowest BCUT2D eigenvalue weighted by Crippen LogP contribution is -2.51. The molecule has 0 saturated carbocycles. The second kappa shape index (κ2) is 7.21. The standard InChI is InChI=1S/C21H21ClN2O2S/c1-13-11-23(18-5-3-4-6-19(18)24(13)14(2)25)21(26)9-15-12-27-20-8-7-16(22)10-17(15)20/h3-8,10,13,15H,9,11-12H2,1-2H3/t13-,15?/m0/s1. The first-order valence-electron chi connectivity index (χ1n) is 9.07. The van der Waals surface area contributed by atoms with Crippen molar-refractivity contribution < 1.29 is 9.59 Å². The van der Waals surface area contributed by atoms with Crippen LogP contribution >= 0.6 is 23.4 Å². The Balaban J connectivity index is 1.61. The average molecular weight is 401 g/mol. The zero-order valence-corrected chi connectivity index (χ0v) is 16.9. The molecule has 2 atom stereocenters. The number of halogens is 1. The number of anilines is 2. The molecule has 0 aliphatic carbocycles. The summed E-state index contributed by atoms with van der Waals surface area (Å²) in [5, 5.41) is 0.711. The Hall–Kier alpha value is -1.98. The van der Waals surface area contributed by atoms with Crippen molar-refractivity contribution in [3.8, 4) is 0 Å². The molecule has 4 rings (SSSR count). The molecule has 2 aliphatic heterocycles. The molecule has 0 fully saturated rings. The molecule has 2 heterocycles. The molecule has 140 valence electrons. The quantitative estimate of drug-likeness (QED) is 0.733. The van der Waals surface area contributed by atoms with Crippen LogP contribution in [0.15, 0.2) is 47.4 Å². The number of hydrogen-bond donors (Lipinski definition) is 0. The third-order valence-electron chi connectivity index (χ3n) is 5.23. The van der Waals surface area contributed by atoms with Crippen molar-refractivity contribution in [3.63, 3.8) is 0 Å². The van der Waals surface area contributed by atoms with E-state index in [0.717, 1.165) is 17.1 Å². The fourth-order valence-electron chi connectivity index (χ4n) is 4.03. The van der Waals surface area contributed by atoms with Crippen LogP contribution in [0.4, 0.5) is 11.4 Å². The Morgan fingerprint density at radius 3 is 2.67 bits per heavy atom. The Kier molecular flexibility index (Phi) is 4.91. The molecule has 0 bridgehead atoms. The summed E-state index contributed by atoms with van der Waals surface area (Å²) in [5.74, 6) is 1.16. The predicted molar refractivity (Wildman–Crippen MR) is 111 cm³/mol. The topological polar surface area (TPSA) is 40.6 Å². The van der Waals surface area contributed by atoms with Gasteiger partial charge in [-0.15, -0.1) is 11.8 Å². The summed E-state index contributed by atoms with van der Waals surface area (Å²) in [6, 6.07) is 13.5. The van der Waals surface area contributed by atoms with Crippen LogP contribution in [0.1, 0.15) is 31.7 Å². The van der Waals surface area contributed by atoms with E-state index in [-0.39, 0.29) is 23.8 Å². The van der Waals surface area contributed by atoms with Crippen molar-refractivity contribution in [3.05, 3.63) is 53.1 Å². The molecule has 6 heteroatoms. The van der Waals surface area contributed by atoms with Gasteiger partial charge >= 0.3 is 0 Å². The number of nitrogens with zero attached hydrogens (tertiary/aromatic N) is 2. The summed E-state index contributed by atoms with van der Waals surface area (Å²) in [6.07, 6.45) is 0.446. The molecule has 0 radical (unpaired) electrons. The van der Waals surface area contributed by atoms with Crippen molar-refractivity contribution in [2.45, 2.75) is 37.1 Å². The van der Waals surface area contributed by atoms with Crippen LogP contribution in [-0.2, 0) is 9.59 Å². The number of rotatable bonds is 2. The van der Waals surface area contributed by atoms with E-state index in [9.17, 15) is 9.59 Å². The molecule has 2 aromatic carbocycles. The minimum Gasteiger partial charge on any atom is -0.308 e. The molecule has 2 aliphatic rings. The maximum atomic E-state index is 13.2. The molecule has 0 saturated heterocycles. The number of carbonyl (C=O) groups is 2. The summed E-state index contributed by atoms with van der Waals surface area (Å²) >= 11 is 7.95. The van der Waals surface area contributed by atoms with Gasteiger partial charge in [0.05, 0.1) is 17.4 Å². The van der Waals surface area contributed by atoms with Gasteiger partial charge in [0.2, 0.25) is 11.8 Å². The highest BCUT2D eigenvalue weighted by atomic mass is 35.5. The molecule has 0 aromatic heterocycles. The number of hydrogen-bond acceptors (Lipinski definition) is 3. The van der Waals surface area contributed by atoms with Gasteiger partial charge in [-0.05, 0) is 42.8 Å². The van der Waals surface area contributed by atoms with Gasteiger partial charge in [-0.3, -0.25) is 9.59 Å². The first-order chi connectivity index (χ1) is 13.0. The minimum atomic E-state index is -0.0546. The van der Waals surface area contributed by atoms with Gasteiger partial charge in [-0.2, -0.15) is 0 Å². The molecule has 27 heavy (non-hydrogen) atoms. The average Bonchev–Trinajstić information content (AvgIpc) is 3.02. The smallest absolute Gasteiger partial charge is 0.227 e. The van der Waals surface area contributed by atoms with Crippen LogP contribution in [0.2, 0.25) is 5.02 Å². The van der Waals surface area contributed by atoms with Crippen LogP contribution in [0.5, 0.6) is 0 Å². The Labute approximate surface area is 168 Å². The lowest BCUT2D eigenvalue weighted by molar-refractivity contribution is -0.120. The van der Waals surface area contributed by atoms with E-state index in [2.05, 4.69) is 0 Å². The fourth-order valence-corrected chi connectivity index (χ4v) is 5.45. The first kappa shape index (κ1) is 18.4. The lowest BCUT2D eigenvalue weighted by atomic mass is 9.96. The third-order valence-corrected chi connectivity index (χ3v) is 6.72. The van der Waals surface area contributed by atoms with Gasteiger partial charge in [-0.1, -0.05) is 23.7 Å². The highest BCUT2D eigenvalue weighted by Crippen LogP contribution is 2.43. The molecule has 4 nitrogen and oxygen atoms in total. The van der Waals surface area contributed by atoms with Gasteiger partial charge in [0.25, 0.3) is 0 Å². The van der Waals surface area contributed by atoms with E-state index in [4.69, 9.17) is 11.6 Å². The van der Waals surface area contributed by atoms with Crippen LogP contribution < -0.4 is 9.80 Å². The summed E-state index contributed by atoms with van der Waals surface area (Å²) in [6.45, 7) is 4.07. The summed E-state index contributed by atoms with van der Waals surface area (Å²) in [7, 11) is 0. The SMILES string of the molecule is CC(=O)N1c2ccccc2N(C(=O)CC2CSc3ccc(Cl)cc32)C[C@@H]1C. The van der Waals surface area contributed by atoms with Crippen molar-refractivity contribution in [1.29, 1.82) is 0 Å². The molecular formula is C21H21ClN2O2S. The van der Waals surface area contributed by atoms with Crippen LogP contribution in [-0.4, -0.2) is 30.2 Å². The largest absolute Gasteiger partial charge is 0.308 e. The van der Waals surface area contributed by atoms with Gasteiger partial charge in [0, 0.05) is 41.5 Å². The van der Waals surface area contributed by atoms with Crippen molar-refractivity contribution in [1.82, 2.24) is 0 Å². The van der Waals surface area contributed by atoms with Crippen LogP contribution in [0.3, 0.4) is 0 Å². The Morgan fingerprint density at radius 1 is 1.19 bits per heavy atom. The van der Waals surface area contributed by atoms with E-state index in [0.29, 0.717) is 18.0 Å². The molecule has 2 aromatic rings. The molecule has 2 amide bonds. The van der Waals surface area contributed by atoms with E-state index in [1.165, 1.54) is 10.5 Å². The van der Waals surface area contributed by atoms with E-state index >= 15 is 0 Å².